The summed E-state index contributed by atoms with van der Waals surface area (Å²) in [5.41, 5.74) is 0. The lowest BCUT2D eigenvalue weighted by molar-refractivity contribution is 0.610. The van der Waals surface area contributed by atoms with Crippen LogP contribution in [0.25, 0.3) is 0 Å². The maximum atomic E-state index is 5.41. The van der Waals surface area contributed by atoms with Crippen molar-refractivity contribution >= 4 is 19.0 Å². The topological polar surface area (TPSA) is 9.23 Å². The summed E-state index contributed by atoms with van der Waals surface area (Å²) in [6.45, 7) is 0. The van der Waals surface area contributed by atoms with Crippen molar-refractivity contribution in [3.63, 3.8) is 0 Å². The van der Waals surface area contributed by atoms with E-state index in [4.69, 9.17) is 4.43 Å². The summed E-state index contributed by atoms with van der Waals surface area (Å²) in [5.74, 6) is 1.04. The van der Waals surface area contributed by atoms with E-state index in [1.807, 2.05) is 30.3 Å². The highest BCUT2D eigenvalue weighted by Gasteiger charge is 1.83. The maximum Gasteiger partial charge on any atom is 0.194 e. The standard InChI is InChI=1S/C6H10OSi2/c8-9-7-6-4-2-1-3-5-6/h1-5H,9H2,8H3. The van der Waals surface area contributed by atoms with Crippen LogP contribution in [0.5, 0.6) is 5.75 Å². The summed E-state index contributed by atoms with van der Waals surface area (Å²) in [5, 5.41) is 0. The lowest BCUT2D eigenvalue weighted by Crippen LogP contribution is -1.99. The fraction of sp³-hybridized carbons (Fsp3) is 0. The van der Waals surface area contributed by atoms with Crippen LogP contribution in [0, 0.1) is 0 Å². The van der Waals surface area contributed by atoms with Crippen LogP contribution in [0.3, 0.4) is 0 Å². The molecule has 0 saturated carbocycles. The molecule has 0 N–H and O–H groups in total. The Bertz CT molecular complexity index is 164. The van der Waals surface area contributed by atoms with E-state index >= 15 is 0 Å². The van der Waals surface area contributed by atoms with E-state index in [1.165, 1.54) is 9.76 Å². The summed E-state index contributed by atoms with van der Waals surface area (Å²) in [6, 6.07) is 10.0. The van der Waals surface area contributed by atoms with Gasteiger partial charge in [-0.25, -0.2) is 0 Å². The average Bonchev–Trinajstić information content (AvgIpc) is 1.91. The minimum Gasteiger partial charge on any atom is -0.554 e. The Morgan fingerprint density at radius 1 is 1.22 bits per heavy atom. The van der Waals surface area contributed by atoms with Gasteiger partial charge in [-0.15, -0.1) is 0 Å². The molecule has 1 nitrogen and oxygen atoms in total. The number of rotatable bonds is 2. The largest absolute Gasteiger partial charge is 0.554 e. The van der Waals surface area contributed by atoms with Gasteiger partial charge in [0.2, 0.25) is 0 Å². The molecule has 48 valence electrons. The summed E-state index contributed by atoms with van der Waals surface area (Å²) < 4.78 is 5.41. The minimum atomic E-state index is -0.145. The van der Waals surface area contributed by atoms with Gasteiger partial charge >= 0.3 is 0 Å². The zero-order chi connectivity index (χ0) is 6.53. The predicted molar refractivity (Wildman–Crippen MR) is 45.6 cm³/mol. The molecule has 1 aromatic carbocycles. The molecule has 0 spiro atoms. The highest BCUT2D eigenvalue weighted by atomic mass is 29.1. The number of para-hydroxylation sites is 1. The first-order chi connectivity index (χ1) is 4.43. The predicted octanol–water partition coefficient (Wildman–Crippen LogP) is -0.570. The SMILES string of the molecule is [SiH3][SiH2]Oc1ccccc1. The van der Waals surface area contributed by atoms with Gasteiger partial charge in [-0.05, 0) is 12.1 Å². The van der Waals surface area contributed by atoms with Crippen LogP contribution in [0.1, 0.15) is 0 Å². The monoisotopic (exact) mass is 154 g/mol. The van der Waals surface area contributed by atoms with E-state index in [2.05, 4.69) is 0 Å². The van der Waals surface area contributed by atoms with Crippen LogP contribution < -0.4 is 4.43 Å². The van der Waals surface area contributed by atoms with E-state index in [0.29, 0.717) is 0 Å². The third-order valence-corrected chi connectivity index (χ3v) is 2.54. The molecule has 0 unspecified atom stereocenters. The molecule has 0 bridgehead atoms. The molecule has 0 aliphatic rings. The van der Waals surface area contributed by atoms with E-state index in [-0.39, 0.29) is 9.28 Å². The fourth-order valence-electron chi connectivity index (χ4n) is 0.683. The first kappa shape index (κ1) is 6.57. The molecule has 1 rings (SSSR count). The number of benzene rings is 1. The second-order valence-corrected chi connectivity index (χ2v) is 4.34. The van der Waals surface area contributed by atoms with Crippen LogP contribution in [0.4, 0.5) is 0 Å². The van der Waals surface area contributed by atoms with Crippen molar-refractivity contribution in [3.8, 4) is 5.75 Å². The van der Waals surface area contributed by atoms with Gasteiger partial charge in [-0.3, -0.25) is 0 Å². The molecule has 0 atom stereocenters. The highest BCUT2D eigenvalue weighted by Crippen LogP contribution is 2.06. The Hall–Kier alpha value is -0.546. The zero-order valence-electron chi connectivity index (χ0n) is 5.50. The van der Waals surface area contributed by atoms with Gasteiger partial charge < -0.3 is 4.43 Å². The molecule has 3 heteroatoms. The third kappa shape index (κ3) is 2.03. The second kappa shape index (κ2) is 3.47. The zero-order valence-corrected chi connectivity index (χ0v) is 8.92. The van der Waals surface area contributed by atoms with E-state index in [1.54, 1.807) is 0 Å². The molecule has 9 heavy (non-hydrogen) atoms. The lowest BCUT2D eigenvalue weighted by atomic mass is 10.3. The molecular formula is C6H10OSi2. The van der Waals surface area contributed by atoms with E-state index < -0.39 is 0 Å². The summed E-state index contributed by atoms with van der Waals surface area (Å²) in [4.78, 5) is 0. The van der Waals surface area contributed by atoms with Crippen molar-refractivity contribution in [2.75, 3.05) is 0 Å². The normalized spacial score (nSPS) is 10.7. The molecule has 0 aromatic heterocycles. The van der Waals surface area contributed by atoms with Gasteiger partial charge in [0.1, 0.15) is 5.75 Å². The molecule has 0 amide bonds. The molecule has 0 fully saturated rings. The highest BCUT2D eigenvalue weighted by molar-refractivity contribution is 6.85. The van der Waals surface area contributed by atoms with Gasteiger partial charge in [0.25, 0.3) is 0 Å². The van der Waals surface area contributed by atoms with Crippen LogP contribution in [-0.4, -0.2) is 19.0 Å². The summed E-state index contributed by atoms with van der Waals surface area (Å²) in [7, 11) is 1.10. The van der Waals surface area contributed by atoms with Gasteiger partial charge in [0, 0.05) is 9.76 Å². The Labute approximate surface area is 60.2 Å². The molecule has 0 radical (unpaired) electrons. The second-order valence-electron chi connectivity index (χ2n) is 1.75. The quantitative estimate of drug-likeness (QED) is 0.518. The van der Waals surface area contributed by atoms with Crippen molar-refractivity contribution in [1.29, 1.82) is 0 Å². The Morgan fingerprint density at radius 2 is 1.89 bits per heavy atom. The molecule has 0 aliphatic heterocycles. The smallest absolute Gasteiger partial charge is 0.194 e. The van der Waals surface area contributed by atoms with Crippen LogP contribution in [0.15, 0.2) is 30.3 Å². The van der Waals surface area contributed by atoms with Gasteiger partial charge in [0.15, 0.2) is 9.28 Å². The lowest BCUT2D eigenvalue weighted by Gasteiger charge is -1.99. The van der Waals surface area contributed by atoms with Gasteiger partial charge in [-0.1, -0.05) is 18.2 Å². The van der Waals surface area contributed by atoms with Crippen LogP contribution in [-0.2, 0) is 0 Å². The molecule has 0 heterocycles. The Kier molecular flexibility index (Phi) is 2.54. The van der Waals surface area contributed by atoms with E-state index in [0.717, 1.165) is 5.75 Å². The third-order valence-electron chi connectivity index (χ3n) is 1.05. The Morgan fingerprint density at radius 3 is 2.44 bits per heavy atom. The van der Waals surface area contributed by atoms with Crippen molar-refractivity contribution < 1.29 is 4.43 Å². The molecule has 0 saturated heterocycles. The molecule has 1 aromatic rings. The Balaban J connectivity index is 2.61. The average molecular weight is 154 g/mol. The van der Waals surface area contributed by atoms with Crippen molar-refractivity contribution in [3.05, 3.63) is 30.3 Å². The number of hydrogen-bond acceptors (Lipinski definition) is 1. The van der Waals surface area contributed by atoms with Gasteiger partial charge in [-0.2, -0.15) is 0 Å². The molecular weight excluding hydrogens is 144 g/mol. The van der Waals surface area contributed by atoms with Crippen LogP contribution >= 0.6 is 0 Å². The maximum absolute atomic E-state index is 5.41. The number of hydrogen-bond donors (Lipinski definition) is 0. The van der Waals surface area contributed by atoms with Gasteiger partial charge in [0.05, 0.1) is 0 Å². The van der Waals surface area contributed by atoms with Crippen molar-refractivity contribution in [2.24, 2.45) is 0 Å². The summed E-state index contributed by atoms with van der Waals surface area (Å²) >= 11 is 0. The van der Waals surface area contributed by atoms with Crippen molar-refractivity contribution in [2.45, 2.75) is 0 Å². The fourth-order valence-corrected chi connectivity index (χ4v) is 2.21. The van der Waals surface area contributed by atoms with Crippen LogP contribution in [0.2, 0.25) is 0 Å². The van der Waals surface area contributed by atoms with E-state index in [9.17, 15) is 0 Å². The summed E-state index contributed by atoms with van der Waals surface area (Å²) in [6.07, 6.45) is 0. The first-order valence-corrected chi connectivity index (χ1v) is 9.34. The first-order valence-electron chi connectivity index (χ1n) is 3.11. The minimum absolute atomic E-state index is 0.145. The van der Waals surface area contributed by atoms with Crippen molar-refractivity contribution in [1.82, 2.24) is 0 Å². The molecule has 0 aliphatic carbocycles.